The van der Waals surface area contributed by atoms with Gasteiger partial charge in [-0.25, -0.2) is 13.4 Å². The van der Waals surface area contributed by atoms with Gasteiger partial charge in [0, 0.05) is 10.6 Å². The van der Waals surface area contributed by atoms with Crippen LogP contribution in [0.2, 0.25) is 0 Å². The highest BCUT2D eigenvalue weighted by atomic mass is 32.2. The molecule has 0 fully saturated rings. The van der Waals surface area contributed by atoms with Gasteiger partial charge in [0.2, 0.25) is 0 Å². The van der Waals surface area contributed by atoms with Crippen molar-refractivity contribution >= 4 is 39.5 Å². The van der Waals surface area contributed by atoms with Crippen molar-refractivity contribution in [2.24, 2.45) is 0 Å². The van der Waals surface area contributed by atoms with Crippen molar-refractivity contribution in [1.82, 2.24) is 4.98 Å². The van der Waals surface area contributed by atoms with Gasteiger partial charge in [-0.15, -0.1) is 17.4 Å². The Morgan fingerprint density at radius 3 is 2.39 bits per heavy atom. The number of alkyl halides is 3. The van der Waals surface area contributed by atoms with E-state index in [1.165, 1.54) is 35.5 Å². The number of aryl methyl sites for hydroxylation is 1. The molecule has 0 atom stereocenters. The predicted molar refractivity (Wildman–Crippen MR) is 162 cm³/mol. The molecule has 0 aliphatic carbocycles. The van der Waals surface area contributed by atoms with Crippen LogP contribution in [0.4, 0.5) is 18.9 Å². The van der Waals surface area contributed by atoms with Crippen LogP contribution in [0.5, 0.6) is 11.5 Å². The highest BCUT2D eigenvalue weighted by Crippen LogP contribution is 2.36. The molecule has 0 saturated carbocycles. The largest absolute Gasteiger partial charge is 0.569 e. The minimum atomic E-state index is -5.66. The van der Waals surface area contributed by atoms with Gasteiger partial charge in [-0.3, -0.25) is 0 Å². The molecule has 1 aromatic heterocycles. The van der Waals surface area contributed by atoms with E-state index in [-0.39, 0.29) is 11.4 Å². The van der Waals surface area contributed by atoms with Crippen LogP contribution < -0.4 is 14.6 Å². The fraction of sp³-hybridized carbons (Fsp3) is 0.355. The Balaban J connectivity index is 1.46. The molecule has 0 aliphatic rings. The number of rotatable bonds is 18. The summed E-state index contributed by atoms with van der Waals surface area (Å²) in [5.74, 6) is 0.140. The van der Waals surface area contributed by atoms with Crippen molar-refractivity contribution in [3.8, 4) is 11.5 Å². The Hall–Kier alpha value is -3.71. The number of pyridine rings is 1. The van der Waals surface area contributed by atoms with Gasteiger partial charge in [-0.1, -0.05) is 56.0 Å². The number of carboxylic acids is 1. The quantitative estimate of drug-likeness (QED) is 0.0823. The number of sulfonamides is 1. The second-order valence-corrected chi connectivity index (χ2v) is 12.3. The van der Waals surface area contributed by atoms with E-state index in [0.717, 1.165) is 62.8 Å². The van der Waals surface area contributed by atoms with E-state index in [1.54, 1.807) is 25.3 Å². The van der Waals surface area contributed by atoms with Crippen molar-refractivity contribution < 1.29 is 41.0 Å². The number of hydrogen-bond acceptors (Lipinski definition) is 8. The first-order chi connectivity index (χ1) is 21.0. The monoisotopic (exact) mass is 650 g/mol. The smallest absolute Gasteiger partial charge is 0.483 e. The lowest BCUT2D eigenvalue weighted by Crippen LogP contribution is -2.20. The molecule has 3 rings (SSSR count). The lowest BCUT2D eigenvalue weighted by molar-refractivity contribution is -0.297. The molecule has 1 heterocycles. The highest BCUT2D eigenvalue weighted by molar-refractivity contribution is 7.98. The number of carbonyl (C=O) groups excluding carboxylic acids is 1. The Kier molecular flexibility index (Phi) is 13.4. The fourth-order valence-corrected chi connectivity index (χ4v) is 5.41. The molecule has 0 unspecified atom stereocenters. The van der Waals surface area contributed by atoms with Crippen molar-refractivity contribution in [3.63, 3.8) is 0 Å². The van der Waals surface area contributed by atoms with Crippen LogP contribution in [-0.2, 0) is 27.0 Å². The van der Waals surface area contributed by atoms with E-state index in [9.17, 15) is 31.5 Å². The molecule has 13 heteroatoms. The molecule has 0 bridgehead atoms. The van der Waals surface area contributed by atoms with Gasteiger partial charge >= 0.3 is 5.51 Å². The number of methoxy groups -OCH3 is 1. The fourth-order valence-electron chi connectivity index (χ4n) is 4.06. The number of aromatic nitrogens is 1. The van der Waals surface area contributed by atoms with Crippen molar-refractivity contribution in [2.75, 3.05) is 13.7 Å². The maximum atomic E-state index is 12.7. The molecule has 0 saturated heterocycles. The number of unbranched alkanes of at least 4 members (excludes halogenated alkanes) is 5. The molecular weight excluding hydrogens is 617 g/mol. The Morgan fingerprint density at radius 1 is 1.00 bits per heavy atom. The summed E-state index contributed by atoms with van der Waals surface area (Å²) in [5, 5.41) is 11.0. The van der Waals surface area contributed by atoms with Gasteiger partial charge in [0.1, 0.15) is 17.2 Å². The third-order valence-corrected chi connectivity index (χ3v) is 8.38. The Labute approximate surface area is 259 Å². The van der Waals surface area contributed by atoms with Crippen LogP contribution in [0.25, 0.3) is 10.8 Å². The Morgan fingerprint density at radius 2 is 1.70 bits per heavy atom. The zero-order valence-electron chi connectivity index (χ0n) is 24.1. The number of nitrogens with zero attached hydrogens (tertiary/aromatic N) is 2. The van der Waals surface area contributed by atoms with Gasteiger partial charge in [0.05, 0.1) is 25.4 Å². The van der Waals surface area contributed by atoms with E-state index < -0.39 is 21.5 Å². The maximum Gasteiger partial charge on any atom is 0.483 e. The average Bonchev–Trinajstić information content (AvgIpc) is 2.98. The van der Waals surface area contributed by atoms with Crippen molar-refractivity contribution in [1.29, 1.82) is 0 Å². The van der Waals surface area contributed by atoms with Crippen molar-refractivity contribution in [2.45, 2.75) is 61.1 Å². The first-order valence-electron chi connectivity index (χ1n) is 13.9. The number of hydrogen-bond donors (Lipinski definition) is 0. The molecule has 0 amide bonds. The lowest BCUT2D eigenvalue weighted by Gasteiger charge is -2.23. The molecule has 44 heavy (non-hydrogen) atoms. The van der Waals surface area contributed by atoms with E-state index >= 15 is 0 Å². The van der Waals surface area contributed by atoms with Crippen LogP contribution in [0.3, 0.4) is 0 Å². The first kappa shape index (κ1) is 34.8. The summed E-state index contributed by atoms with van der Waals surface area (Å²) in [7, 11) is -4.01. The number of aliphatic carboxylic acids is 1. The molecule has 238 valence electrons. The summed E-state index contributed by atoms with van der Waals surface area (Å²) in [4.78, 5) is 15.9. The SMILES string of the molecule is COc1ccc(CCCCCCCCOc2ccc(CSc3cccc([N-]S(=O)(=O)C(F)(F)F)c3)nc2/C=C/C(=O)[O-])cc1. The van der Waals surface area contributed by atoms with E-state index in [1.807, 2.05) is 12.1 Å². The molecular formula is C31H33F3N2O6S2-2. The van der Waals surface area contributed by atoms with Crippen LogP contribution in [0.15, 0.2) is 71.6 Å². The summed E-state index contributed by atoms with van der Waals surface area (Å²) in [6.45, 7) is 0.435. The van der Waals surface area contributed by atoms with Crippen LogP contribution >= 0.6 is 11.8 Å². The molecule has 2 aromatic carbocycles. The van der Waals surface area contributed by atoms with Crippen molar-refractivity contribution in [3.05, 3.63) is 88.4 Å². The predicted octanol–water partition coefficient (Wildman–Crippen LogP) is 6.96. The van der Waals surface area contributed by atoms with E-state index in [4.69, 9.17) is 9.47 Å². The minimum Gasteiger partial charge on any atom is -0.569 e. The molecule has 0 spiro atoms. The number of thioether (sulfide) groups is 1. The molecule has 8 nitrogen and oxygen atoms in total. The third-order valence-electron chi connectivity index (χ3n) is 6.32. The maximum absolute atomic E-state index is 12.7. The molecule has 0 radical (unpaired) electrons. The Bertz CT molecular complexity index is 1500. The summed E-state index contributed by atoms with van der Waals surface area (Å²) in [5.41, 5.74) is -3.71. The normalized spacial score (nSPS) is 11.9. The minimum absolute atomic E-state index is 0.264. The summed E-state index contributed by atoms with van der Waals surface area (Å²) >= 11 is 1.20. The average molecular weight is 651 g/mol. The summed E-state index contributed by atoms with van der Waals surface area (Å²) in [6.07, 6.45) is 9.44. The molecule has 0 N–H and O–H groups in total. The van der Waals surface area contributed by atoms with Crippen LogP contribution in [0, 0.1) is 0 Å². The number of carboxylic acid groups (broad SMARTS) is 1. The second-order valence-electron chi connectivity index (χ2n) is 9.70. The van der Waals surface area contributed by atoms with Crippen LogP contribution in [-0.4, -0.2) is 38.6 Å². The lowest BCUT2D eigenvalue weighted by atomic mass is 10.0. The number of halogens is 3. The van der Waals surface area contributed by atoms with Gasteiger partial charge in [0.15, 0.2) is 10.0 Å². The zero-order chi connectivity index (χ0) is 32.0. The zero-order valence-corrected chi connectivity index (χ0v) is 25.7. The first-order valence-corrected chi connectivity index (χ1v) is 16.3. The topological polar surface area (TPSA) is 120 Å². The van der Waals surface area contributed by atoms with Gasteiger partial charge < -0.3 is 24.1 Å². The number of carbonyl (C=O) groups is 1. The summed E-state index contributed by atoms with van der Waals surface area (Å²) < 4.78 is 74.6. The van der Waals surface area contributed by atoms with Gasteiger partial charge in [-0.2, -0.15) is 13.2 Å². The van der Waals surface area contributed by atoms with Gasteiger partial charge in [0.25, 0.3) is 0 Å². The summed E-state index contributed by atoms with van der Waals surface area (Å²) in [6, 6.07) is 16.9. The molecule has 3 aromatic rings. The second kappa shape index (κ2) is 17.0. The van der Waals surface area contributed by atoms with E-state index in [2.05, 4.69) is 21.8 Å². The highest BCUT2D eigenvalue weighted by Gasteiger charge is 2.39. The van der Waals surface area contributed by atoms with Crippen LogP contribution in [0.1, 0.15) is 55.5 Å². The number of ether oxygens (including phenoxy) is 2. The number of benzene rings is 2. The standard InChI is InChI=1S/C31H34F3N2O6S2/c1-41-26-15-12-23(13-16-26)9-6-4-2-3-5-7-20-42-29-18-14-25(35-28(29)17-19-30(37)38)22-43-27-11-8-10-24(21-27)36-44(39,40)31(32,33)34/h8,10-19,21H,2-7,9,20,22H2,1H3,(H,37,38)/q-1/p-1/b19-17+. The van der Waals surface area contributed by atoms with Gasteiger partial charge in [-0.05, 0) is 67.3 Å². The van der Waals surface area contributed by atoms with E-state index in [0.29, 0.717) is 28.6 Å². The third kappa shape index (κ3) is 11.8. The molecule has 0 aliphatic heterocycles.